The molecule has 5 rings (SSSR count). The molecule has 1 amide bonds. The van der Waals surface area contributed by atoms with Crippen molar-refractivity contribution in [3.05, 3.63) is 87.2 Å². The third kappa shape index (κ3) is 3.73. The first kappa shape index (κ1) is 21.1. The van der Waals surface area contributed by atoms with Gasteiger partial charge in [-0.2, -0.15) is 5.10 Å². The third-order valence-corrected chi connectivity index (χ3v) is 6.34. The van der Waals surface area contributed by atoms with Crippen LogP contribution >= 0.6 is 0 Å². The van der Waals surface area contributed by atoms with Gasteiger partial charge in [-0.3, -0.25) is 9.59 Å². The standard InChI is InChI=1S/C26H27N5O2/c1-16(2)30(15-23-27-20-12-6-5-10-18(20)25(32)28-23)26(33)24-19-11-8-14-22(19)31(29-24)21-13-7-4-9-17(21)3/h4-7,9-10,12-13,16H,8,11,14-15H2,1-3H3,(H,27,28,32). The maximum absolute atomic E-state index is 13.8. The maximum Gasteiger partial charge on any atom is 0.275 e. The lowest BCUT2D eigenvalue weighted by Crippen LogP contribution is -2.38. The highest BCUT2D eigenvalue weighted by Gasteiger charge is 2.31. The number of hydrogen-bond acceptors (Lipinski definition) is 4. The Morgan fingerprint density at radius 2 is 1.88 bits per heavy atom. The summed E-state index contributed by atoms with van der Waals surface area (Å²) in [6, 6.07) is 15.2. The minimum atomic E-state index is -0.198. The highest BCUT2D eigenvalue weighted by molar-refractivity contribution is 5.94. The molecule has 168 valence electrons. The molecule has 0 bridgehead atoms. The van der Waals surface area contributed by atoms with Crippen LogP contribution in [0.2, 0.25) is 0 Å². The van der Waals surface area contributed by atoms with Crippen LogP contribution in [0.15, 0.2) is 53.3 Å². The van der Waals surface area contributed by atoms with Crippen LogP contribution in [0.1, 0.15) is 53.4 Å². The molecule has 33 heavy (non-hydrogen) atoms. The van der Waals surface area contributed by atoms with Crippen LogP contribution in [-0.4, -0.2) is 36.6 Å². The molecule has 0 aliphatic heterocycles. The van der Waals surface area contributed by atoms with E-state index in [2.05, 4.69) is 23.0 Å². The van der Waals surface area contributed by atoms with E-state index in [0.29, 0.717) is 22.4 Å². The summed E-state index contributed by atoms with van der Waals surface area (Å²) in [7, 11) is 0. The van der Waals surface area contributed by atoms with E-state index in [0.717, 1.165) is 41.8 Å². The van der Waals surface area contributed by atoms with E-state index >= 15 is 0 Å². The minimum absolute atomic E-state index is 0.0880. The van der Waals surface area contributed by atoms with Crippen molar-refractivity contribution < 1.29 is 4.79 Å². The zero-order chi connectivity index (χ0) is 23.1. The first-order valence-corrected chi connectivity index (χ1v) is 11.4. The van der Waals surface area contributed by atoms with Crippen molar-refractivity contribution in [1.82, 2.24) is 24.6 Å². The lowest BCUT2D eigenvalue weighted by Gasteiger charge is -2.26. The first-order valence-electron chi connectivity index (χ1n) is 11.4. The molecule has 1 aliphatic rings. The van der Waals surface area contributed by atoms with Gasteiger partial charge in [0.1, 0.15) is 5.82 Å². The molecular formula is C26H27N5O2. The molecule has 2 aromatic carbocycles. The van der Waals surface area contributed by atoms with Gasteiger partial charge in [0.05, 0.1) is 23.1 Å². The van der Waals surface area contributed by atoms with Gasteiger partial charge >= 0.3 is 0 Å². The topological polar surface area (TPSA) is 83.9 Å². The molecule has 0 spiro atoms. The van der Waals surface area contributed by atoms with Crippen molar-refractivity contribution in [2.24, 2.45) is 0 Å². The molecule has 1 aliphatic carbocycles. The van der Waals surface area contributed by atoms with Gasteiger partial charge < -0.3 is 9.88 Å². The highest BCUT2D eigenvalue weighted by atomic mass is 16.2. The molecule has 0 saturated heterocycles. The zero-order valence-corrected chi connectivity index (χ0v) is 19.1. The second-order valence-corrected chi connectivity index (χ2v) is 8.88. The van der Waals surface area contributed by atoms with Gasteiger partial charge in [0.25, 0.3) is 11.5 Å². The molecule has 7 nitrogen and oxygen atoms in total. The van der Waals surface area contributed by atoms with Crippen molar-refractivity contribution in [3.63, 3.8) is 0 Å². The maximum atomic E-state index is 13.8. The zero-order valence-electron chi connectivity index (χ0n) is 19.1. The Hall–Kier alpha value is -3.74. The van der Waals surface area contributed by atoms with Crippen LogP contribution in [0.4, 0.5) is 0 Å². The van der Waals surface area contributed by atoms with Gasteiger partial charge in [-0.15, -0.1) is 0 Å². The number of carbonyl (C=O) groups excluding carboxylic acids is 1. The summed E-state index contributed by atoms with van der Waals surface area (Å²) in [5, 5.41) is 5.35. The Morgan fingerprint density at radius 3 is 2.67 bits per heavy atom. The summed E-state index contributed by atoms with van der Waals surface area (Å²) in [6.07, 6.45) is 2.77. The van der Waals surface area contributed by atoms with Crippen LogP contribution in [0.5, 0.6) is 0 Å². The van der Waals surface area contributed by atoms with Gasteiger partial charge in [-0.25, -0.2) is 9.67 Å². The van der Waals surface area contributed by atoms with Crippen molar-refractivity contribution in [1.29, 1.82) is 0 Å². The number of nitrogens with one attached hydrogen (secondary N) is 1. The first-order chi connectivity index (χ1) is 15.9. The number of aromatic nitrogens is 4. The average molecular weight is 442 g/mol. The Morgan fingerprint density at radius 1 is 1.12 bits per heavy atom. The highest BCUT2D eigenvalue weighted by Crippen LogP contribution is 2.30. The Kier molecular flexibility index (Phi) is 5.32. The number of amides is 1. The number of para-hydroxylation sites is 2. The van der Waals surface area contributed by atoms with Gasteiger partial charge in [-0.05, 0) is 63.8 Å². The van der Waals surface area contributed by atoms with Crippen LogP contribution < -0.4 is 5.56 Å². The molecule has 2 heterocycles. The van der Waals surface area contributed by atoms with Crippen molar-refractivity contribution in [3.8, 4) is 5.69 Å². The van der Waals surface area contributed by atoms with Gasteiger partial charge in [0, 0.05) is 17.3 Å². The van der Waals surface area contributed by atoms with Crippen LogP contribution in [-0.2, 0) is 19.4 Å². The molecular weight excluding hydrogens is 414 g/mol. The smallest absolute Gasteiger partial charge is 0.275 e. The fourth-order valence-corrected chi connectivity index (χ4v) is 4.61. The number of aryl methyl sites for hydroxylation is 1. The van der Waals surface area contributed by atoms with Crippen molar-refractivity contribution in [2.75, 3.05) is 0 Å². The van der Waals surface area contributed by atoms with Gasteiger partial charge in [0.15, 0.2) is 5.69 Å². The summed E-state index contributed by atoms with van der Waals surface area (Å²) in [6.45, 7) is 6.20. The van der Waals surface area contributed by atoms with Crippen LogP contribution in [0.3, 0.4) is 0 Å². The molecule has 0 unspecified atom stereocenters. The summed E-state index contributed by atoms with van der Waals surface area (Å²) in [5.41, 5.74) is 5.21. The predicted octanol–water partition coefficient (Wildman–Crippen LogP) is 3.96. The summed E-state index contributed by atoms with van der Waals surface area (Å²) >= 11 is 0. The van der Waals surface area contributed by atoms with Crippen LogP contribution in [0, 0.1) is 6.92 Å². The van der Waals surface area contributed by atoms with Gasteiger partial charge in [-0.1, -0.05) is 30.3 Å². The number of benzene rings is 2. The van der Waals surface area contributed by atoms with E-state index in [9.17, 15) is 9.59 Å². The van der Waals surface area contributed by atoms with E-state index in [1.165, 1.54) is 0 Å². The SMILES string of the molecule is Cc1ccccc1-n1nc(C(=O)N(Cc2nc3ccccc3c(=O)[nH]2)C(C)C)c2c1CCC2. The van der Waals surface area contributed by atoms with Crippen LogP contribution in [0.25, 0.3) is 16.6 Å². The second kappa shape index (κ2) is 8.31. The Labute approximate surface area is 192 Å². The van der Waals surface area contributed by atoms with E-state index in [4.69, 9.17) is 5.10 Å². The molecule has 1 N–H and O–H groups in total. The molecule has 2 aromatic heterocycles. The minimum Gasteiger partial charge on any atom is -0.327 e. The molecule has 0 saturated carbocycles. The van der Waals surface area contributed by atoms with E-state index in [1.54, 1.807) is 11.0 Å². The molecule has 7 heteroatoms. The number of hydrogen-bond donors (Lipinski definition) is 1. The average Bonchev–Trinajstić information content (AvgIpc) is 3.40. The Balaban J connectivity index is 1.53. The Bertz CT molecular complexity index is 1420. The predicted molar refractivity (Wildman–Crippen MR) is 128 cm³/mol. The largest absolute Gasteiger partial charge is 0.327 e. The number of H-pyrrole nitrogens is 1. The summed E-state index contributed by atoms with van der Waals surface area (Å²) < 4.78 is 1.94. The lowest BCUT2D eigenvalue weighted by molar-refractivity contribution is 0.0677. The van der Waals surface area contributed by atoms with E-state index in [1.807, 2.05) is 54.9 Å². The summed E-state index contributed by atoms with van der Waals surface area (Å²) in [5.74, 6) is 0.335. The fraction of sp³-hybridized carbons (Fsp3) is 0.308. The molecule has 0 radical (unpaired) electrons. The molecule has 0 atom stereocenters. The van der Waals surface area contributed by atoms with E-state index < -0.39 is 0 Å². The fourth-order valence-electron chi connectivity index (χ4n) is 4.61. The summed E-state index contributed by atoms with van der Waals surface area (Å²) in [4.78, 5) is 35.5. The van der Waals surface area contributed by atoms with Crippen molar-refractivity contribution >= 4 is 16.8 Å². The second-order valence-electron chi connectivity index (χ2n) is 8.88. The third-order valence-electron chi connectivity index (χ3n) is 6.34. The number of nitrogens with zero attached hydrogens (tertiary/aromatic N) is 4. The van der Waals surface area contributed by atoms with E-state index in [-0.39, 0.29) is 24.1 Å². The number of rotatable bonds is 5. The lowest BCUT2D eigenvalue weighted by atomic mass is 10.1. The molecule has 0 fully saturated rings. The molecule has 4 aromatic rings. The number of carbonyl (C=O) groups is 1. The number of fused-ring (bicyclic) bond motifs is 2. The normalized spacial score (nSPS) is 13.0. The quantitative estimate of drug-likeness (QED) is 0.508. The van der Waals surface area contributed by atoms with Gasteiger partial charge in [0.2, 0.25) is 0 Å². The monoisotopic (exact) mass is 441 g/mol. The number of aromatic amines is 1. The van der Waals surface area contributed by atoms with Crippen molar-refractivity contribution in [2.45, 2.75) is 52.6 Å².